The lowest BCUT2D eigenvalue weighted by Crippen LogP contribution is -2.40. The van der Waals surface area contributed by atoms with Gasteiger partial charge in [-0.25, -0.2) is 0 Å². The molecule has 0 bridgehead atoms. The molecule has 3 nitrogen and oxygen atoms in total. The highest BCUT2D eigenvalue weighted by molar-refractivity contribution is 5.72. The minimum absolute atomic E-state index is 0.0393. The van der Waals surface area contributed by atoms with Gasteiger partial charge in [0.2, 0.25) is 0 Å². The smallest absolute Gasteiger partial charge is 0.309 e. The highest BCUT2D eigenvalue weighted by Gasteiger charge is 2.23. The van der Waals surface area contributed by atoms with Gasteiger partial charge in [0.05, 0.1) is 12.5 Å². The second-order valence-electron chi connectivity index (χ2n) is 5.47. The molecule has 106 valence electrons. The quantitative estimate of drug-likeness (QED) is 0.710. The molecule has 0 amide bonds. The van der Waals surface area contributed by atoms with Crippen molar-refractivity contribution in [2.75, 3.05) is 13.2 Å². The maximum Gasteiger partial charge on any atom is 0.309 e. The predicted octanol–water partition coefficient (Wildman–Crippen LogP) is 3.13. The van der Waals surface area contributed by atoms with Crippen molar-refractivity contribution in [3.05, 3.63) is 0 Å². The van der Waals surface area contributed by atoms with Crippen molar-refractivity contribution in [1.29, 1.82) is 0 Å². The highest BCUT2D eigenvalue weighted by atomic mass is 16.5. The van der Waals surface area contributed by atoms with Gasteiger partial charge in [-0.2, -0.15) is 0 Å². The number of hydrogen-bond donors (Lipinski definition) is 1. The summed E-state index contributed by atoms with van der Waals surface area (Å²) in [5.74, 6) is 0.684. The highest BCUT2D eigenvalue weighted by Crippen LogP contribution is 2.27. The molecule has 2 atom stereocenters. The van der Waals surface area contributed by atoms with Crippen molar-refractivity contribution in [2.24, 2.45) is 11.8 Å². The lowest BCUT2D eigenvalue weighted by atomic mass is 9.83. The molecular weight excluding hydrogens is 226 g/mol. The van der Waals surface area contributed by atoms with Gasteiger partial charge in [0, 0.05) is 12.6 Å². The summed E-state index contributed by atoms with van der Waals surface area (Å²) < 4.78 is 5.04. The van der Waals surface area contributed by atoms with Crippen LogP contribution in [-0.4, -0.2) is 25.2 Å². The summed E-state index contributed by atoms with van der Waals surface area (Å²) in [5, 5.41) is 3.58. The van der Waals surface area contributed by atoms with E-state index in [0.29, 0.717) is 12.6 Å². The first-order chi connectivity index (χ1) is 8.69. The maximum absolute atomic E-state index is 11.6. The SMILES string of the molecule is CCOC(=O)C(C)CNC(CC)C1CCCCC1. The van der Waals surface area contributed by atoms with E-state index in [2.05, 4.69) is 12.2 Å². The van der Waals surface area contributed by atoms with E-state index < -0.39 is 0 Å². The van der Waals surface area contributed by atoms with E-state index >= 15 is 0 Å². The van der Waals surface area contributed by atoms with Crippen LogP contribution in [0.2, 0.25) is 0 Å². The predicted molar refractivity (Wildman–Crippen MR) is 74.5 cm³/mol. The third-order valence-corrected chi connectivity index (χ3v) is 4.03. The summed E-state index contributed by atoms with van der Waals surface area (Å²) in [5.41, 5.74) is 0. The Morgan fingerprint density at radius 1 is 1.28 bits per heavy atom. The zero-order chi connectivity index (χ0) is 13.4. The Hall–Kier alpha value is -0.570. The molecule has 0 aliphatic heterocycles. The molecule has 0 aromatic rings. The first-order valence-electron chi connectivity index (χ1n) is 7.59. The Kier molecular flexibility index (Phi) is 7.33. The normalized spacial score (nSPS) is 20.4. The van der Waals surface area contributed by atoms with Gasteiger partial charge < -0.3 is 10.1 Å². The second kappa shape index (κ2) is 8.52. The lowest BCUT2D eigenvalue weighted by molar-refractivity contribution is -0.147. The Bertz CT molecular complexity index is 237. The number of ether oxygens (including phenoxy) is 1. The van der Waals surface area contributed by atoms with Crippen LogP contribution in [0.3, 0.4) is 0 Å². The van der Waals surface area contributed by atoms with Gasteiger partial charge in [-0.3, -0.25) is 4.79 Å². The zero-order valence-corrected chi connectivity index (χ0v) is 12.2. The Labute approximate surface area is 112 Å². The number of esters is 1. The molecule has 1 aliphatic carbocycles. The fraction of sp³-hybridized carbons (Fsp3) is 0.933. The van der Waals surface area contributed by atoms with E-state index in [1.165, 1.54) is 32.1 Å². The van der Waals surface area contributed by atoms with Crippen molar-refractivity contribution in [3.63, 3.8) is 0 Å². The second-order valence-corrected chi connectivity index (χ2v) is 5.47. The molecule has 1 saturated carbocycles. The summed E-state index contributed by atoms with van der Waals surface area (Å²) >= 11 is 0. The number of carbonyl (C=O) groups is 1. The van der Waals surface area contributed by atoms with Crippen molar-refractivity contribution >= 4 is 5.97 Å². The standard InChI is InChI=1S/C15H29NO2/c1-4-14(13-9-7-6-8-10-13)16-11-12(3)15(17)18-5-2/h12-14,16H,4-11H2,1-3H3. The third kappa shape index (κ3) is 4.97. The summed E-state index contributed by atoms with van der Waals surface area (Å²) in [7, 11) is 0. The molecule has 1 fully saturated rings. The number of nitrogens with one attached hydrogen (secondary N) is 1. The molecule has 18 heavy (non-hydrogen) atoms. The molecule has 1 aliphatic rings. The molecule has 0 heterocycles. The summed E-state index contributed by atoms with van der Waals surface area (Å²) in [6, 6.07) is 0.571. The fourth-order valence-corrected chi connectivity index (χ4v) is 2.88. The molecule has 0 radical (unpaired) electrons. The topological polar surface area (TPSA) is 38.3 Å². The monoisotopic (exact) mass is 255 g/mol. The van der Waals surface area contributed by atoms with E-state index in [-0.39, 0.29) is 11.9 Å². The fourth-order valence-electron chi connectivity index (χ4n) is 2.88. The Balaban J connectivity index is 2.31. The van der Waals surface area contributed by atoms with E-state index in [1.54, 1.807) is 0 Å². The molecular formula is C15H29NO2. The van der Waals surface area contributed by atoms with Crippen molar-refractivity contribution in [2.45, 2.75) is 65.3 Å². The average Bonchev–Trinajstić information content (AvgIpc) is 2.40. The van der Waals surface area contributed by atoms with Crippen LogP contribution in [-0.2, 0) is 9.53 Å². The molecule has 1 rings (SSSR count). The van der Waals surface area contributed by atoms with Gasteiger partial charge in [-0.05, 0) is 32.1 Å². The molecule has 0 aromatic heterocycles. The molecule has 3 heteroatoms. The minimum atomic E-state index is -0.0801. The van der Waals surface area contributed by atoms with Crippen LogP contribution in [0.1, 0.15) is 59.3 Å². The van der Waals surface area contributed by atoms with E-state index in [9.17, 15) is 4.79 Å². The maximum atomic E-state index is 11.6. The van der Waals surface area contributed by atoms with Crippen LogP contribution >= 0.6 is 0 Å². The van der Waals surface area contributed by atoms with Gasteiger partial charge in [-0.15, -0.1) is 0 Å². The van der Waals surface area contributed by atoms with Crippen LogP contribution in [0.5, 0.6) is 0 Å². The molecule has 0 spiro atoms. The van der Waals surface area contributed by atoms with Gasteiger partial charge in [0.1, 0.15) is 0 Å². The number of rotatable bonds is 7. The molecule has 2 unspecified atom stereocenters. The summed E-state index contributed by atoms with van der Waals surface area (Å²) in [6.45, 7) is 7.26. The van der Waals surface area contributed by atoms with Crippen LogP contribution in [0, 0.1) is 11.8 Å². The molecule has 0 saturated heterocycles. The van der Waals surface area contributed by atoms with Crippen LogP contribution < -0.4 is 5.32 Å². The third-order valence-electron chi connectivity index (χ3n) is 4.03. The number of hydrogen-bond acceptors (Lipinski definition) is 3. The van der Waals surface area contributed by atoms with Crippen molar-refractivity contribution in [1.82, 2.24) is 5.32 Å². The molecule has 1 N–H and O–H groups in total. The molecule has 0 aromatic carbocycles. The Morgan fingerprint density at radius 2 is 1.94 bits per heavy atom. The first-order valence-corrected chi connectivity index (χ1v) is 7.59. The lowest BCUT2D eigenvalue weighted by Gasteiger charge is -2.31. The van der Waals surface area contributed by atoms with Gasteiger partial charge in [-0.1, -0.05) is 33.1 Å². The largest absolute Gasteiger partial charge is 0.466 e. The zero-order valence-electron chi connectivity index (χ0n) is 12.2. The van der Waals surface area contributed by atoms with Crippen LogP contribution in [0.4, 0.5) is 0 Å². The van der Waals surface area contributed by atoms with Crippen molar-refractivity contribution < 1.29 is 9.53 Å². The van der Waals surface area contributed by atoms with E-state index in [0.717, 1.165) is 18.9 Å². The van der Waals surface area contributed by atoms with Crippen LogP contribution in [0.25, 0.3) is 0 Å². The summed E-state index contributed by atoms with van der Waals surface area (Å²) in [6.07, 6.45) is 7.98. The van der Waals surface area contributed by atoms with Crippen LogP contribution in [0.15, 0.2) is 0 Å². The first kappa shape index (κ1) is 15.5. The van der Waals surface area contributed by atoms with Gasteiger partial charge in [0.15, 0.2) is 0 Å². The minimum Gasteiger partial charge on any atom is -0.466 e. The Morgan fingerprint density at radius 3 is 2.50 bits per heavy atom. The van der Waals surface area contributed by atoms with E-state index in [4.69, 9.17) is 4.74 Å². The summed E-state index contributed by atoms with van der Waals surface area (Å²) in [4.78, 5) is 11.6. The van der Waals surface area contributed by atoms with Gasteiger partial charge in [0.25, 0.3) is 0 Å². The van der Waals surface area contributed by atoms with Gasteiger partial charge >= 0.3 is 5.97 Å². The average molecular weight is 255 g/mol. The van der Waals surface area contributed by atoms with Crippen molar-refractivity contribution in [3.8, 4) is 0 Å². The van der Waals surface area contributed by atoms with E-state index in [1.807, 2.05) is 13.8 Å². The number of carbonyl (C=O) groups excluding carboxylic acids is 1.